The average Bonchev–Trinajstić information content (AvgIpc) is 3.52. The third-order valence-electron chi connectivity index (χ3n) is 5.19. The molecular weight excluding hydrogens is 419 g/mol. The molecule has 1 aromatic carbocycles. The molecule has 1 aliphatic rings. The number of hydrogen-bond donors (Lipinski definition) is 3. The van der Waals surface area contributed by atoms with Crippen molar-refractivity contribution in [1.82, 2.24) is 19.7 Å². The molecule has 0 atom stereocenters. The number of para-hydroxylation sites is 1. The van der Waals surface area contributed by atoms with E-state index in [0.29, 0.717) is 22.1 Å². The number of nitrogens with zero attached hydrogens (tertiary/aromatic N) is 3. The van der Waals surface area contributed by atoms with Crippen molar-refractivity contribution in [3.8, 4) is 16.9 Å². The molecule has 3 aromatic heterocycles. The number of aromatic nitrogens is 4. The van der Waals surface area contributed by atoms with Gasteiger partial charge in [0.15, 0.2) is 10.8 Å². The topological polar surface area (TPSA) is 119 Å². The lowest BCUT2D eigenvalue weighted by Crippen LogP contribution is -2.15. The van der Waals surface area contributed by atoms with Gasteiger partial charge in [0.2, 0.25) is 0 Å². The van der Waals surface area contributed by atoms with E-state index >= 15 is 0 Å². The number of thiazole rings is 1. The van der Waals surface area contributed by atoms with Crippen LogP contribution in [-0.2, 0) is 12.8 Å². The number of carbonyl (C=O) groups excluding carboxylic acids is 2. The van der Waals surface area contributed by atoms with Crippen LogP contribution in [0.25, 0.3) is 16.9 Å². The molecular formula is C21H17FN6O2S. The minimum absolute atomic E-state index is 0.280. The van der Waals surface area contributed by atoms with E-state index in [1.54, 1.807) is 35.8 Å². The fourth-order valence-corrected chi connectivity index (χ4v) is 4.46. The molecule has 0 spiro atoms. The molecule has 31 heavy (non-hydrogen) atoms. The zero-order valence-electron chi connectivity index (χ0n) is 16.2. The molecule has 0 fully saturated rings. The molecule has 2 amide bonds. The highest BCUT2D eigenvalue weighted by molar-refractivity contribution is 7.14. The van der Waals surface area contributed by atoms with Crippen molar-refractivity contribution in [2.45, 2.75) is 19.3 Å². The molecule has 0 bridgehead atoms. The highest BCUT2D eigenvalue weighted by atomic mass is 32.1. The lowest BCUT2D eigenvalue weighted by molar-refractivity contribution is 0.0993. The first-order valence-corrected chi connectivity index (χ1v) is 10.5. The van der Waals surface area contributed by atoms with Crippen LogP contribution in [-0.4, -0.2) is 31.6 Å². The standard InChI is InChI=1S/C21H17FN6O2S/c22-13-5-1-2-6-17(13)28-16-7-3-4-12(16)18(27-28)20(30)26-21-25-15(10-31-21)11-8-14(19(23)29)24-9-11/h1-2,5-6,8-10,24H,3-4,7H2,(H2,23,29)(H,25,26,30). The van der Waals surface area contributed by atoms with Crippen molar-refractivity contribution in [3.63, 3.8) is 0 Å². The molecule has 4 N–H and O–H groups in total. The van der Waals surface area contributed by atoms with Gasteiger partial charge in [0.1, 0.15) is 17.2 Å². The Kier molecular flexibility index (Phi) is 4.63. The zero-order chi connectivity index (χ0) is 21.5. The maximum atomic E-state index is 14.3. The lowest BCUT2D eigenvalue weighted by Gasteiger charge is -2.06. The number of nitrogens with one attached hydrogen (secondary N) is 2. The van der Waals surface area contributed by atoms with Crippen LogP contribution in [0.2, 0.25) is 0 Å². The van der Waals surface area contributed by atoms with Crippen LogP contribution in [0.1, 0.15) is 38.7 Å². The van der Waals surface area contributed by atoms with Crippen molar-refractivity contribution >= 4 is 28.3 Å². The summed E-state index contributed by atoms with van der Waals surface area (Å²) in [5.41, 5.74) is 9.15. The SMILES string of the molecule is NC(=O)c1cc(-c2csc(NC(=O)c3nn(-c4ccccc4F)c4c3CCC4)n2)c[nH]1. The Morgan fingerprint density at radius 2 is 2.10 bits per heavy atom. The number of halogens is 1. The van der Waals surface area contributed by atoms with E-state index < -0.39 is 11.7 Å². The molecule has 156 valence electrons. The molecule has 0 radical (unpaired) electrons. The quantitative estimate of drug-likeness (QED) is 0.445. The summed E-state index contributed by atoms with van der Waals surface area (Å²) in [6.07, 6.45) is 3.97. The van der Waals surface area contributed by atoms with E-state index in [-0.39, 0.29) is 17.3 Å². The summed E-state index contributed by atoms with van der Waals surface area (Å²) in [6, 6.07) is 7.98. The van der Waals surface area contributed by atoms with Gasteiger partial charge < -0.3 is 10.7 Å². The monoisotopic (exact) mass is 436 g/mol. The molecule has 0 unspecified atom stereocenters. The summed E-state index contributed by atoms with van der Waals surface area (Å²) < 4.78 is 15.8. The third kappa shape index (κ3) is 3.40. The summed E-state index contributed by atoms with van der Waals surface area (Å²) >= 11 is 1.26. The van der Waals surface area contributed by atoms with E-state index in [2.05, 4.69) is 20.4 Å². The van der Waals surface area contributed by atoms with Gasteiger partial charge in [-0.3, -0.25) is 14.9 Å². The molecule has 4 aromatic rings. The van der Waals surface area contributed by atoms with Gasteiger partial charge in [-0.2, -0.15) is 5.10 Å². The Bertz CT molecular complexity index is 1320. The first kappa shape index (κ1) is 19.2. The summed E-state index contributed by atoms with van der Waals surface area (Å²) in [5.74, 6) is -1.34. The summed E-state index contributed by atoms with van der Waals surface area (Å²) in [7, 11) is 0. The molecule has 0 saturated heterocycles. The second-order valence-electron chi connectivity index (χ2n) is 7.15. The maximum Gasteiger partial charge on any atom is 0.278 e. The van der Waals surface area contributed by atoms with Crippen LogP contribution in [0.5, 0.6) is 0 Å². The highest BCUT2D eigenvalue weighted by Crippen LogP contribution is 2.30. The number of hydrogen-bond acceptors (Lipinski definition) is 5. The Hall–Kier alpha value is -3.79. The number of benzene rings is 1. The van der Waals surface area contributed by atoms with Gasteiger partial charge in [-0.05, 0) is 37.5 Å². The van der Waals surface area contributed by atoms with Gasteiger partial charge in [0.05, 0.1) is 5.69 Å². The van der Waals surface area contributed by atoms with E-state index in [1.807, 2.05) is 0 Å². The van der Waals surface area contributed by atoms with Gasteiger partial charge in [0, 0.05) is 28.4 Å². The normalized spacial score (nSPS) is 12.7. The van der Waals surface area contributed by atoms with Crippen LogP contribution in [0.4, 0.5) is 9.52 Å². The number of anilines is 1. The molecule has 8 nitrogen and oxygen atoms in total. The van der Waals surface area contributed by atoms with E-state index in [4.69, 9.17) is 5.73 Å². The van der Waals surface area contributed by atoms with Crippen molar-refractivity contribution in [2.24, 2.45) is 5.73 Å². The van der Waals surface area contributed by atoms with Crippen molar-refractivity contribution in [2.75, 3.05) is 5.32 Å². The number of H-pyrrole nitrogens is 1. The average molecular weight is 436 g/mol. The molecule has 10 heteroatoms. The molecule has 1 aliphatic carbocycles. The Morgan fingerprint density at radius 3 is 2.87 bits per heavy atom. The molecule has 5 rings (SSSR count). The first-order chi connectivity index (χ1) is 15.0. The van der Waals surface area contributed by atoms with Crippen LogP contribution in [0, 0.1) is 5.82 Å². The van der Waals surface area contributed by atoms with Crippen LogP contribution in [0.3, 0.4) is 0 Å². The van der Waals surface area contributed by atoms with Crippen LogP contribution < -0.4 is 11.1 Å². The van der Waals surface area contributed by atoms with Crippen LogP contribution >= 0.6 is 11.3 Å². The number of primary amides is 1. The third-order valence-corrected chi connectivity index (χ3v) is 5.95. The molecule has 3 heterocycles. The molecule has 0 aliphatic heterocycles. The number of aromatic amines is 1. The van der Waals surface area contributed by atoms with Gasteiger partial charge in [0.25, 0.3) is 11.8 Å². The summed E-state index contributed by atoms with van der Waals surface area (Å²) in [5, 5.41) is 9.38. The van der Waals surface area contributed by atoms with Gasteiger partial charge in [-0.1, -0.05) is 12.1 Å². The highest BCUT2D eigenvalue weighted by Gasteiger charge is 2.28. The summed E-state index contributed by atoms with van der Waals surface area (Å²) in [4.78, 5) is 31.4. The van der Waals surface area contributed by atoms with Crippen molar-refractivity contribution in [1.29, 1.82) is 0 Å². The first-order valence-electron chi connectivity index (χ1n) is 9.62. The zero-order valence-corrected chi connectivity index (χ0v) is 17.0. The maximum absolute atomic E-state index is 14.3. The van der Waals surface area contributed by atoms with E-state index in [0.717, 1.165) is 30.5 Å². The Morgan fingerprint density at radius 1 is 1.26 bits per heavy atom. The molecule has 0 saturated carbocycles. The van der Waals surface area contributed by atoms with E-state index in [1.165, 1.54) is 22.1 Å². The lowest BCUT2D eigenvalue weighted by atomic mass is 10.2. The minimum Gasteiger partial charge on any atom is -0.364 e. The number of nitrogens with two attached hydrogens (primary N) is 1. The smallest absolute Gasteiger partial charge is 0.278 e. The van der Waals surface area contributed by atoms with Gasteiger partial charge in [-0.25, -0.2) is 14.1 Å². The Balaban J connectivity index is 1.42. The predicted molar refractivity (Wildman–Crippen MR) is 114 cm³/mol. The summed E-state index contributed by atoms with van der Waals surface area (Å²) in [6.45, 7) is 0. The second-order valence-corrected chi connectivity index (χ2v) is 8.01. The fraction of sp³-hybridized carbons (Fsp3) is 0.143. The van der Waals surface area contributed by atoms with E-state index in [9.17, 15) is 14.0 Å². The number of rotatable bonds is 5. The van der Waals surface area contributed by atoms with Crippen molar-refractivity contribution in [3.05, 3.63) is 70.4 Å². The number of carbonyl (C=O) groups is 2. The van der Waals surface area contributed by atoms with Crippen LogP contribution in [0.15, 0.2) is 41.9 Å². The predicted octanol–water partition coefficient (Wildman–Crippen LogP) is 3.30. The van der Waals surface area contributed by atoms with Gasteiger partial charge >= 0.3 is 0 Å². The number of amides is 2. The van der Waals surface area contributed by atoms with Crippen molar-refractivity contribution < 1.29 is 14.0 Å². The Labute approximate surface area is 179 Å². The second kappa shape index (κ2) is 7.47. The van der Waals surface area contributed by atoms with Gasteiger partial charge in [-0.15, -0.1) is 11.3 Å². The fourth-order valence-electron chi connectivity index (χ4n) is 3.75. The minimum atomic E-state index is -0.561. The largest absolute Gasteiger partial charge is 0.364 e. The number of fused-ring (bicyclic) bond motifs is 1.